The molecule has 2 N–H and O–H groups in total. The molecule has 20 heavy (non-hydrogen) atoms. The van der Waals surface area contributed by atoms with Gasteiger partial charge in [-0.3, -0.25) is 0 Å². The van der Waals surface area contributed by atoms with E-state index in [1.165, 1.54) is 5.56 Å². The van der Waals surface area contributed by atoms with Gasteiger partial charge < -0.3 is 15.2 Å². The molecule has 106 valence electrons. The van der Waals surface area contributed by atoms with E-state index in [2.05, 4.69) is 31.2 Å². The minimum Gasteiger partial charge on any atom is -0.497 e. The van der Waals surface area contributed by atoms with E-state index >= 15 is 0 Å². The molecule has 0 spiro atoms. The van der Waals surface area contributed by atoms with Gasteiger partial charge in [-0.05, 0) is 29.7 Å². The zero-order chi connectivity index (χ0) is 14.5. The van der Waals surface area contributed by atoms with Gasteiger partial charge in [-0.15, -0.1) is 0 Å². The van der Waals surface area contributed by atoms with Crippen LogP contribution in [0.5, 0.6) is 11.5 Å². The van der Waals surface area contributed by atoms with Crippen LogP contribution in [0.25, 0.3) is 0 Å². The fraction of sp³-hybridized carbons (Fsp3) is 0.294. The van der Waals surface area contributed by atoms with Gasteiger partial charge in [0, 0.05) is 11.6 Å². The first-order valence-electron chi connectivity index (χ1n) is 6.76. The van der Waals surface area contributed by atoms with Crippen molar-refractivity contribution >= 4 is 0 Å². The zero-order valence-electron chi connectivity index (χ0n) is 12.2. The van der Waals surface area contributed by atoms with E-state index in [0.717, 1.165) is 29.0 Å². The van der Waals surface area contributed by atoms with Gasteiger partial charge in [-0.2, -0.15) is 0 Å². The highest BCUT2D eigenvalue weighted by atomic mass is 16.5. The summed E-state index contributed by atoms with van der Waals surface area (Å²) < 4.78 is 10.6. The topological polar surface area (TPSA) is 44.5 Å². The van der Waals surface area contributed by atoms with Crippen molar-refractivity contribution in [3.05, 3.63) is 59.2 Å². The summed E-state index contributed by atoms with van der Waals surface area (Å²) in [7, 11) is 3.28. The van der Waals surface area contributed by atoms with Crippen LogP contribution < -0.4 is 15.2 Å². The average molecular weight is 271 g/mol. The second kappa shape index (κ2) is 6.44. The third-order valence-corrected chi connectivity index (χ3v) is 3.52. The van der Waals surface area contributed by atoms with Crippen LogP contribution in [0, 0.1) is 0 Å². The van der Waals surface area contributed by atoms with Crippen molar-refractivity contribution in [1.29, 1.82) is 0 Å². The van der Waals surface area contributed by atoms with Gasteiger partial charge in [0.1, 0.15) is 11.5 Å². The van der Waals surface area contributed by atoms with E-state index in [1.807, 2.05) is 18.2 Å². The Morgan fingerprint density at radius 2 is 1.70 bits per heavy atom. The molecule has 3 heteroatoms. The van der Waals surface area contributed by atoms with E-state index in [9.17, 15) is 0 Å². The molecule has 0 radical (unpaired) electrons. The average Bonchev–Trinajstić information content (AvgIpc) is 2.53. The molecular weight excluding hydrogens is 250 g/mol. The van der Waals surface area contributed by atoms with E-state index in [0.29, 0.717) is 0 Å². The number of hydrogen-bond acceptors (Lipinski definition) is 3. The third kappa shape index (κ3) is 2.94. The number of aryl methyl sites for hydroxylation is 1. The second-order valence-corrected chi connectivity index (χ2v) is 4.68. The minimum absolute atomic E-state index is 0.207. The highest BCUT2D eigenvalue weighted by Crippen LogP contribution is 2.31. The van der Waals surface area contributed by atoms with Gasteiger partial charge in [-0.25, -0.2) is 0 Å². The van der Waals surface area contributed by atoms with Crippen molar-refractivity contribution in [3.63, 3.8) is 0 Å². The molecule has 0 amide bonds. The Bertz CT molecular complexity index is 564. The Hall–Kier alpha value is -2.00. The number of nitrogens with two attached hydrogens (primary N) is 1. The molecule has 0 bridgehead atoms. The zero-order valence-corrected chi connectivity index (χ0v) is 12.2. The first-order valence-corrected chi connectivity index (χ1v) is 6.76. The quantitative estimate of drug-likeness (QED) is 0.907. The highest BCUT2D eigenvalue weighted by molar-refractivity contribution is 5.46. The lowest BCUT2D eigenvalue weighted by Crippen LogP contribution is -2.13. The Morgan fingerprint density at radius 1 is 1.00 bits per heavy atom. The summed E-state index contributed by atoms with van der Waals surface area (Å²) in [5.74, 6) is 1.51. The normalized spacial score (nSPS) is 12.0. The van der Waals surface area contributed by atoms with Crippen LogP contribution in [-0.4, -0.2) is 14.2 Å². The van der Waals surface area contributed by atoms with E-state index in [-0.39, 0.29) is 6.04 Å². The van der Waals surface area contributed by atoms with Crippen molar-refractivity contribution < 1.29 is 9.47 Å². The summed E-state index contributed by atoms with van der Waals surface area (Å²) in [6, 6.07) is 13.9. The standard InChI is InChI=1S/C17H21NO2/c1-4-12-5-7-13(8-6-12)17(18)15-10-9-14(19-2)11-16(15)20-3/h5-11,17H,4,18H2,1-3H3. The summed E-state index contributed by atoms with van der Waals surface area (Å²) >= 11 is 0. The van der Waals surface area contributed by atoms with Crippen molar-refractivity contribution in [2.75, 3.05) is 14.2 Å². The predicted molar refractivity (Wildman–Crippen MR) is 81.4 cm³/mol. The van der Waals surface area contributed by atoms with E-state index in [4.69, 9.17) is 15.2 Å². The Morgan fingerprint density at radius 3 is 2.25 bits per heavy atom. The summed E-state index contributed by atoms with van der Waals surface area (Å²) in [4.78, 5) is 0. The molecule has 0 aliphatic heterocycles. The SMILES string of the molecule is CCc1ccc(C(N)c2ccc(OC)cc2OC)cc1. The lowest BCUT2D eigenvalue weighted by Gasteiger charge is -2.17. The molecule has 2 aromatic rings. The summed E-state index contributed by atoms with van der Waals surface area (Å²) in [5.41, 5.74) is 9.69. The van der Waals surface area contributed by atoms with Gasteiger partial charge >= 0.3 is 0 Å². The van der Waals surface area contributed by atoms with Crippen LogP contribution in [0.4, 0.5) is 0 Å². The van der Waals surface area contributed by atoms with Crippen LogP contribution in [0.2, 0.25) is 0 Å². The number of methoxy groups -OCH3 is 2. The number of benzene rings is 2. The van der Waals surface area contributed by atoms with Gasteiger partial charge in [0.25, 0.3) is 0 Å². The Labute approximate surface area is 120 Å². The molecule has 0 saturated carbocycles. The third-order valence-electron chi connectivity index (χ3n) is 3.52. The predicted octanol–water partition coefficient (Wildman–Crippen LogP) is 3.31. The minimum atomic E-state index is -0.207. The second-order valence-electron chi connectivity index (χ2n) is 4.68. The van der Waals surface area contributed by atoms with Crippen LogP contribution >= 0.6 is 0 Å². The fourth-order valence-corrected chi connectivity index (χ4v) is 2.22. The largest absolute Gasteiger partial charge is 0.497 e. The maximum absolute atomic E-state index is 6.35. The van der Waals surface area contributed by atoms with E-state index < -0.39 is 0 Å². The highest BCUT2D eigenvalue weighted by Gasteiger charge is 2.14. The molecular formula is C17H21NO2. The first-order chi connectivity index (χ1) is 9.69. The van der Waals surface area contributed by atoms with Crippen LogP contribution in [0.1, 0.15) is 29.7 Å². The lowest BCUT2D eigenvalue weighted by atomic mass is 9.97. The molecule has 1 unspecified atom stereocenters. The summed E-state index contributed by atoms with van der Waals surface area (Å²) in [6.07, 6.45) is 1.03. The molecule has 0 aromatic heterocycles. The molecule has 0 aliphatic rings. The van der Waals surface area contributed by atoms with Crippen LogP contribution in [0.15, 0.2) is 42.5 Å². The number of ether oxygens (including phenoxy) is 2. The number of rotatable bonds is 5. The lowest BCUT2D eigenvalue weighted by molar-refractivity contribution is 0.390. The van der Waals surface area contributed by atoms with Crippen molar-refractivity contribution in [3.8, 4) is 11.5 Å². The van der Waals surface area contributed by atoms with Crippen LogP contribution in [-0.2, 0) is 6.42 Å². The van der Waals surface area contributed by atoms with Crippen molar-refractivity contribution in [2.24, 2.45) is 5.73 Å². The molecule has 0 fully saturated rings. The monoisotopic (exact) mass is 271 g/mol. The fourth-order valence-electron chi connectivity index (χ4n) is 2.22. The summed E-state index contributed by atoms with van der Waals surface area (Å²) in [5, 5.41) is 0. The van der Waals surface area contributed by atoms with Crippen molar-refractivity contribution in [1.82, 2.24) is 0 Å². The first kappa shape index (κ1) is 14.4. The molecule has 2 rings (SSSR count). The van der Waals surface area contributed by atoms with E-state index in [1.54, 1.807) is 14.2 Å². The molecule has 0 heterocycles. The van der Waals surface area contributed by atoms with Crippen molar-refractivity contribution in [2.45, 2.75) is 19.4 Å². The molecule has 3 nitrogen and oxygen atoms in total. The Kier molecular flexibility index (Phi) is 4.64. The molecule has 0 saturated heterocycles. The Balaban J connectivity index is 2.33. The smallest absolute Gasteiger partial charge is 0.127 e. The molecule has 1 atom stereocenters. The van der Waals surface area contributed by atoms with Gasteiger partial charge in [-0.1, -0.05) is 31.2 Å². The molecule has 0 aliphatic carbocycles. The maximum Gasteiger partial charge on any atom is 0.127 e. The number of hydrogen-bond donors (Lipinski definition) is 1. The summed E-state index contributed by atoms with van der Waals surface area (Å²) in [6.45, 7) is 2.14. The molecule has 2 aromatic carbocycles. The van der Waals surface area contributed by atoms with Gasteiger partial charge in [0.05, 0.1) is 20.3 Å². The van der Waals surface area contributed by atoms with Gasteiger partial charge in [0.15, 0.2) is 0 Å². The van der Waals surface area contributed by atoms with Gasteiger partial charge in [0.2, 0.25) is 0 Å². The van der Waals surface area contributed by atoms with Crippen LogP contribution in [0.3, 0.4) is 0 Å². The maximum atomic E-state index is 6.35.